The molecule has 0 spiro atoms. The highest BCUT2D eigenvalue weighted by Crippen LogP contribution is 2.27. The lowest BCUT2D eigenvalue weighted by Gasteiger charge is -2.19. The van der Waals surface area contributed by atoms with Crippen LogP contribution in [0.15, 0.2) is 57.7 Å². The first-order valence-electron chi connectivity index (χ1n) is 8.49. The van der Waals surface area contributed by atoms with E-state index in [-0.39, 0.29) is 11.3 Å². The van der Waals surface area contributed by atoms with E-state index >= 15 is 0 Å². The van der Waals surface area contributed by atoms with Crippen LogP contribution in [0.3, 0.4) is 0 Å². The van der Waals surface area contributed by atoms with Crippen molar-refractivity contribution in [2.45, 2.75) is 20.8 Å². The van der Waals surface area contributed by atoms with Gasteiger partial charge in [0.1, 0.15) is 5.76 Å². The lowest BCUT2D eigenvalue weighted by molar-refractivity contribution is 0.0774. The van der Waals surface area contributed by atoms with E-state index < -0.39 is 0 Å². The number of nitrogens with zero attached hydrogens (tertiary/aromatic N) is 1. The Hall–Kier alpha value is -2.88. The van der Waals surface area contributed by atoms with Crippen LogP contribution >= 0.6 is 0 Å². The lowest BCUT2D eigenvalue weighted by Crippen LogP contribution is -2.30. The second kappa shape index (κ2) is 6.93. The quantitative estimate of drug-likeness (QED) is 0.716. The van der Waals surface area contributed by atoms with E-state index in [0.29, 0.717) is 40.9 Å². The minimum Gasteiger partial charge on any atom is -0.455 e. The molecular formula is C21H21NO3. The Morgan fingerprint density at radius 2 is 1.68 bits per heavy atom. The standard InChI is InChI=1S/C21H21NO3/c1-4-22(5-2)21(24)17-13-9-12-16-18(23)14(3)19(25-20(16)17)15-10-7-6-8-11-15/h6-13H,4-5H2,1-3H3. The SMILES string of the molecule is CCN(CC)C(=O)c1cccc2c(=O)c(C)c(-c3ccccc3)oc12. The third-order valence-electron chi connectivity index (χ3n) is 4.46. The number of benzene rings is 2. The number of carbonyl (C=O) groups is 1. The maximum atomic E-state index is 12.8. The molecule has 4 nitrogen and oxygen atoms in total. The van der Waals surface area contributed by atoms with Crippen LogP contribution in [0.4, 0.5) is 0 Å². The molecule has 0 radical (unpaired) electrons. The maximum absolute atomic E-state index is 12.8. The van der Waals surface area contributed by atoms with Crippen molar-refractivity contribution in [2.75, 3.05) is 13.1 Å². The van der Waals surface area contributed by atoms with E-state index in [0.717, 1.165) is 5.56 Å². The van der Waals surface area contributed by atoms with Crippen molar-refractivity contribution in [3.63, 3.8) is 0 Å². The summed E-state index contributed by atoms with van der Waals surface area (Å²) in [5.74, 6) is 0.388. The summed E-state index contributed by atoms with van der Waals surface area (Å²) in [7, 11) is 0. The highest BCUT2D eigenvalue weighted by Gasteiger charge is 2.20. The fourth-order valence-corrected chi connectivity index (χ4v) is 3.02. The number of hydrogen-bond acceptors (Lipinski definition) is 3. The molecule has 25 heavy (non-hydrogen) atoms. The van der Waals surface area contributed by atoms with Gasteiger partial charge in [0.15, 0.2) is 11.0 Å². The van der Waals surface area contributed by atoms with Gasteiger partial charge >= 0.3 is 0 Å². The third kappa shape index (κ3) is 2.95. The fraction of sp³-hybridized carbons (Fsp3) is 0.238. The number of para-hydroxylation sites is 1. The van der Waals surface area contributed by atoms with Crippen LogP contribution in [-0.2, 0) is 0 Å². The molecule has 3 rings (SSSR count). The summed E-state index contributed by atoms with van der Waals surface area (Å²) in [4.78, 5) is 27.4. The van der Waals surface area contributed by atoms with Crippen LogP contribution in [0.5, 0.6) is 0 Å². The number of hydrogen-bond donors (Lipinski definition) is 0. The van der Waals surface area contributed by atoms with Gasteiger partial charge in [0, 0.05) is 24.2 Å². The predicted molar refractivity (Wildman–Crippen MR) is 99.9 cm³/mol. The zero-order chi connectivity index (χ0) is 18.0. The Labute approximate surface area is 146 Å². The van der Waals surface area contributed by atoms with E-state index in [1.54, 1.807) is 30.0 Å². The van der Waals surface area contributed by atoms with Crippen molar-refractivity contribution < 1.29 is 9.21 Å². The first-order chi connectivity index (χ1) is 12.1. The topological polar surface area (TPSA) is 50.5 Å². The molecule has 0 saturated heterocycles. The van der Waals surface area contributed by atoms with Gasteiger partial charge in [-0.1, -0.05) is 36.4 Å². The van der Waals surface area contributed by atoms with Gasteiger partial charge in [-0.05, 0) is 32.9 Å². The second-order valence-electron chi connectivity index (χ2n) is 5.91. The molecule has 0 aliphatic heterocycles. The molecule has 0 unspecified atom stereocenters. The molecular weight excluding hydrogens is 314 g/mol. The largest absolute Gasteiger partial charge is 0.455 e. The van der Waals surface area contributed by atoms with E-state index in [4.69, 9.17) is 4.42 Å². The molecule has 128 valence electrons. The van der Waals surface area contributed by atoms with Gasteiger partial charge in [0.2, 0.25) is 0 Å². The average molecular weight is 335 g/mol. The molecule has 0 bridgehead atoms. The van der Waals surface area contributed by atoms with Crippen LogP contribution in [0.1, 0.15) is 29.8 Å². The lowest BCUT2D eigenvalue weighted by atomic mass is 10.0. The van der Waals surface area contributed by atoms with Gasteiger partial charge in [0.25, 0.3) is 5.91 Å². The molecule has 0 fully saturated rings. The van der Waals surface area contributed by atoms with Crippen LogP contribution in [0, 0.1) is 6.92 Å². The van der Waals surface area contributed by atoms with Crippen LogP contribution < -0.4 is 5.43 Å². The third-order valence-corrected chi connectivity index (χ3v) is 4.46. The summed E-state index contributed by atoms with van der Waals surface area (Å²) in [5, 5.41) is 0.440. The Kier molecular flexibility index (Phi) is 4.70. The van der Waals surface area contributed by atoms with Crippen molar-refractivity contribution in [3.8, 4) is 11.3 Å². The normalized spacial score (nSPS) is 10.8. The first kappa shape index (κ1) is 17.0. The zero-order valence-electron chi connectivity index (χ0n) is 14.7. The molecule has 0 N–H and O–H groups in total. The van der Waals surface area contributed by atoms with E-state index in [2.05, 4.69) is 0 Å². The fourth-order valence-electron chi connectivity index (χ4n) is 3.02. The van der Waals surface area contributed by atoms with Crippen molar-refractivity contribution in [2.24, 2.45) is 0 Å². The zero-order valence-corrected chi connectivity index (χ0v) is 14.7. The molecule has 0 aliphatic rings. The van der Waals surface area contributed by atoms with Crippen LogP contribution in [0.2, 0.25) is 0 Å². The Balaban J connectivity index is 2.30. The highest BCUT2D eigenvalue weighted by molar-refractivity contribution is 6.05. The van der Waals surface area contributed by atoms with Gasteiger partial charge in [-0.25, -0.2) is 0 Å². The monoisotopic (exact) mass is 335 g/mol. The number of amides is 1. The smallest absolute Gasteiger partial charge is 0.257 e. The van der Waals surface area contributed by atoms with Crippen molar-refractivity contribution >= 4 is 16.9 Å². The first-order valence-corrected chi connectivity index (χ1v) is 8.49. The van der Waals surface area contributed by atoms with Gasteiger partial charge in [-0.3, -0.25) is 9.59 Å². The molecule has 1 aromatic heterocycles. The molecule has 1 heterocycles. The molecule has 2 aromatic carbocycles. The maximum Gasteiger partial charge on any atom is 0.257 e. The molecule has 3 aromatic rings. The summed E-state index contributed by atoms with van der Waals surface area (Å²) in [5.41, 5.74) is 2.05. The summed E-state index contributed by atoms with van der Waals surface area (Å²) in [6.45, 7) is 6.83. The van der Waals surface area contributed by atoms with E-state index in [1.807, 2.05) is 44.2 Å². The van der Waals surface area contributed by atoms with Crippen molar-refractivity contribution in [1.29, 1.82) is 0 Å². The number of fused-ring (bicyclic) bond motifs is 1. The summed E-state index contributed by atoms with van der Waals surface area (Å²) in [6.07, 6.45) is 0. The van der Waals surface area contributed by atoms with Gasteiger partial charge in [0.05, 0.1) is 10.9 Å². The number of rotatable bonds is 4. The van der Waals surface area contributed by atoms with Crippen molar-refractivity contribution in [3.05, 3.63) is 69.9 Å². The molecule has 0 atom stereocenters. The molecule has 4 heteroatoms. The van der Waals surface area contributed by atoms with E-state index in [9.17, 15) is 9.59 Å². The number of carbonyl (C=O) groups excluding carboxylic acids is 1. The Morgan fingerprint density at radius 1 is 1.00 bits per heavy atom. The van der Waals surface area contributed by atoms with Crippen LogP contribution in [0.25, 0.3) is 22.3 Å². The molecule has 0 aliphatic carbocycles. The summed E-state index contributed by atoms with van der Waals surface area (Å²) < 4.78 is 6.10. The average Bonchev–Trinajstić information content (AvgIpc) is 2.65. The summed E-state index contributed by atoms with van der Waals surface area (Å²) >= 11 is 0. The molecule has 1 amide bonds. The van der Waals surface area contributed by atoms with Gasteiger partial charge in [-0.15, -0.1) is 0 Å². The predicted octanol–water partition coefficient (Wildman–Crippen LogP) is 4.25. The second-order valence-corrected chi connectivity index (χ2v) is 5.91. The van der Waals surface area contributed by atoms with E-state index in [1.165, 1.54) is 0 Å². The Bertz CT molecular complexity index is 970. The Morgan fingerprint density at radius 3 is 2.32 bits per heavy atom. The minimum atomic E-state index is -0.124. The minimum absolute atomic E-state index is 0.103. The van der Waals surface area contributed by atoms with Crippen LogP contribution in [-0.4, -0.2) is 23.9 Å². The van der Waals surface area contributed by atoms with Crippen molar-refractivity contribution in [1.82, 2.24) is 4.90 Å². The molecule has 0 saturated carbocycles. The highest BCUT2D eigenvalue weighted by atomic mass is 16.3. The van der Waals surface area contributed by atoms with Gasteiger partial charge < -0.3 is 9.32 Å². The van der Waals surface area contributed by atoms with Gasteiger partial charge in [-0.2, -0.15) is 0 Å². The summed E-state index contributed by atoms with van der Waals surface area (Å²) in [6, 6.07) is 14.7.